The van der Waals surface area contributed by atoms with Gasteiger partial charge in [0.2, 0.25) is 0 Å². The van der Waals surface area contributed by atoms with Gasteiger partial charge in [0.05, 0.1) is 11.6 Å². The molecule has 4 heteroatoms. The minimum absolute atomic E-state index is 0.884. The fourth-order valence-electron chi connectivity index (χ4n) is 3.04. The molecule has 1 aliphatic heterocycles. The van der Waals surface area contributed by atoms with Gasteiger partial charge in [-0.3, -0.25) is 0 Å². The van der Waals surface area contributed by atoms with Crippen LogP contribution in [0.1, 0.15) is 12.5 Å². The average molecular weight is 387 g/mol. The van der Waals surface area contributed by atoms with Crippen molar-refractivity contribution in [1.82, 2.24) is 4.90 Å². The summed E-state index contributed by atoms with van der Waals surface area (Å²) in [4.78, 5) is 4.88. The second-order valence-electron chi connectivity index (χ2n) is 5.99. The molecule has 126 valence electrons. The van der Waals surface area contributed by atoms with Crippen molar-refractivity contribution in [3.05, 3.63) is 64.3 Å². The van der Waals surface area contributed by atoms with Crippen molar-refractivity contribution in [3.63, 3.8) is 0 Å². The van der Waals surface area contributed by atoms with E-state index in [1.807, 2.05) is 0 Å². The maximum atomic E-state index is 5.41. The molecule has 0 unspecified atom stereocenters. The Hall–Kier alpha value is -1.94. The molecule has 0 aliphatic carbocycles. The van der Waals surface area contributed by atoms with Crippen LogP contribution >= 0.6 is 15.9 Å². The van der Waals surface area contributed by atoms with Crippen LogP contribution in [0.25, 0.3) is 6.08 Å². The summed E-state index contributed by atoms with van der Waals surface area (Å²) in [7, 11) is 1.71. The predicted octanol–water partition coefficient (Wildman–Crippen LogP) is 4.64. The molecule has 0 radical (unpaired) electrons. The number of methoxy groups -OCH3 is 1. The van der Waals surface area contributed by atoms with E-state index in [1.54, 1.807) is 7.11 Å². The molecule has 0 saturated carbocycles. The van der Waals surface area contributed by atoms with Gasteiger partial charge >= 0.3 is 0 Å². The Balaban J connectivity index is 1.64. The summed E-state index contributed by atoms with van der Waals surface area (Å²) in [5, 5.41) is 0. The molecule has 24 heavy (non-hydrogen) atoms. The van der Waals surface area contributed by atoms with Gasteiger partial charge in [0.1, 0.15) is 5.75 Å². The van der Waals surface area contributed by atoms with Crippen molar-refractivity contribution in [1.29, 1.82) is 0 Å². The topological polar surface area (TPSA) is 15.7 Å². The van der Waals surface area contributed by atoms with Gasteiger partial charge in [-0.15, -0.1) is 0 Å². The normalized spacial score (nSPS) is 15.5. The zero-order valence-electron chi connectivity index (χ0n) is 14.2. The maximum Gasteiger partial charge on any atom is 0.135 e. The lowest BCUT2D eigenvalue weighted by Crippen LogP contribution is -2.45. The number of anilines is 1. The first-order chi connectivity index (χ1) is 11.7. The molecule has 1 heterocycles. The molecule has 1 aliphatic rings. The smallest absolute Gasteiger partial charge is 0.135 e. The molecule has 0 aromatic heterocycles. The number of hydrogen-bond acceptors (Lipinski definition) is 3. The number of ether oxygens (including phenoxy) is 1. The molecule has 0 amide bonds. The van der Waals surface area contributed by atoms with Gasteiger partial charge in [0, 0.05) is 43.6 Å². The molecular weight excluding hydrogens is 364 g/mol. The number of benzene rings is 2. The van der Waals surface area contributed by atoms with E-state index in [4.69, 9.17) is 4.74 Å². The molecule has 3 rings (SSSR count). The summed E-state index contributed by atoms with van der Waals surface area (Å²) < 4.78 is 6.40. The monoisotopic (exact) mass is 386 g/mol. The van der Waals surface area contributed by atoms with Crippen molar-refractivity contribution in [2.75, 3.05) is 38.2 Å². The highest BCUT2D eigenvalue weighted by Crippen LogP contribution is 2.30. The molecule has 0 bridgehead atoms. The number of nitrogens with zero attached hydrogens (tertiary/aromatic N) is 2. The van der Waals surface area contributed by atoms with Crippen molar-refractivity contribution < 1.29 is 4.74 Å². The number of allylic oxidation sites excluding steroid dienone is 1. The van der Waals surface area contributed by atoms with Crippen molar-refractivity contribution >= 4 is 27.7 Å². The Morgan fingerprint density at radius 2 is 1.75 bits per heavy atom. The summed E-state index contributed by atoms with van der Waals surface area (Å²) in [6, 6.07) is 16.8. The van der Waals surface area contributed by atoms with Gasteiger partial charge < -0.3 is 14.5 Å². The van der Waals surface area contributed by atoms with Crippen LogP contribution in [0.15, 0.2) is 58.7 Å². The molecule has 3 nitrogen and oxygen atoms in total. The summed E-state index contributed by atoms with van der Waals surface area (Å²) in [6.07, 6.45) is 2.26. The molecule has 2 aromatic rings. The first-order valence-corrected chi connectivity index (χ1v) is 9.03. The van der Waals surface area contributed by atoms with Crippen LogP contribution in [0, 0.1) is 0 Å². The predicted molar refractivity (Wildman–Crippen MR) is 105 cm³/mol. The maximum absolute atomic E-state index is 5.41. The van der Waals surface area contributed by atoms with E-state index in [9.17, 15) is 0 Å². The zero-order chi connectivity index (χ0) is 16.9. The summed E-state index contributed by atoms with van der Waals surface area (Å²) in [5.41, 5.74) is 3.81. The van der Waals surface area contributed by atoms with E-state index in [-0.39, 0.29) is 0 Å². The van der Waals surface area contributed by atoms with Crippen molar-refractivity contribution in [3.8, 4) is 5.75 Å². The second-order valence-corrected chi connectivity index (χ2v) is 6.84. The van der Waals surface area contributed by atoms with Gasteiger partial charge in [-0.1, -0.05) is 30.3 Å². The Kier molecular flexibility index (Phi) is 5.46. The van der Waals surface area contributed by atoms with E-state index in [0.29, 0.717) is 0 Å². The Labute approximate surface area is 152 Å². The van der Waals surface area contributed by atoms with Crippen LogP contribution in [0.5, 0.6) is 5.75 Å². The lowest BCUT2D eigenvalue weighted by molar-refractivity contribution is 0.324. The highest BCUT2D eigenvalue weighted by atomic mass is 79.9. The number of piperazine rings is 1. The second kappa shape index (κ2) is 7.75. The van der Waals surface area contributed by atoms with Crippen LogP contribution in [0.4, 0.5) is 5.69 Å². The quantitative estimate of drug-likeness (QED) is 0.760. The van der Waals surface area contributed by atoms with Crippen LogP contribution < -0.4 is 9.64 Å². The third-order valence-electron chi connectivity index (χ3n) is 4.45. The molecule has 0 spiro atoms. The van der Waals surface area contributed by atoms with E-state index >= 15 is 0 Å². The Bertz CT molecular complexity index is 707. The molecular formula is C20H23BrN2O. The standard InChI is InChI=1S/C20H23BrN2O/c1-16(14-17-6-4-3-5-7-17)22-10-12-23(13-11-22)18-8-9-19(21)20(15-18)24-2/h3-9,14-15H,10-13H2,1-2H3. The average Bonchev–Trinajstić information content (AvgIpc) is 2.63. The minimum atomic E-state index is 0.884. The SMILES string of the molecule is COc1cc(N2CCN(C(C)=Cc3ccccc3)CC2)ccc1Br. The fraction of sp³-hybridized carbons (Fsp3) is 0.300. The fourth-order valence-corrected chi connectivity index (χ4v) is 3.45. The van der Waals surface area contributed by atoms with Gasteiger partial charge in [-0.05, 0) is 46.6 Å². The van der Waals surface area contributed by atoms with Crippen LogP contribution in [-0.2, 0) is 0 Å². The van der Waals surface area contributed by atoms with Crippen molar-refractivity contribution in [2.45, 2.75) is 6.92 Å². The number of rotatable bonds is 4. The van der Waals surface area contributed by atoms with Gasteiger partial charge in [0.15, 0.2) is 0 Å². The third kappa shape index (κ3) is 3.93. The lowest BCUT2D eigenvalue weighted by Gasteiger charge is -2.38. The molecule has 1 fully saturated rings. The first-order valence-electron chi connectivity index (χ1n) is 8.24. The zero-order valence-corrected chi connectivity index (χ0v) is 15.8. The van der Waals surface area contributed by atoms with Gasteiger partial charge in [-0.2, -0.15) is 0 Å². The van der Waals surface area contributed by atoms with Crippen molar-refractivity contribution in [2.24, 2.45) is 0 Å². The summed E-state index contributed by atoms with van der Waals surface area (Å²) in [5.74, 6) is 0.884. The van der Waals surface area contributed by atoms with Gasteiger partial charge in [0.25, 0.3) is 0 Å². The molecule has 0 N–H and O–H groups in total. The Morgan fingerprint density at radius 1 is 1.04 bits per heavy atom. The highest BCUT2D eigenvalue weighted by molar-refractivity contribution is 9.10. The number of hydrogen-bond donors (Lipinski definition) is 0. The minimum Gasteiger partial charge on any atom is -0.495 e. The molecule has 2 aromatic carbocycles. The molecule has 0 atom stereocenters. The van der Waals surface area contributed by atoms with E-state index < -0.39 is 0 Å². The lowest BCUT2D eigenvalue weighted by atomic mass is 10.1. The first kappa shape index (κ1) is 16.9. The van der Waals surface area contributed by atoms with Crippen LogP contribution in [-0.4, -0.2) is 38.2 Å². The van der Waals surface area contributed by atoms with E-state index in [1.165, 1.54) is 16.9 Å². The summed E-state index contributed by atoms with van der Waals surface area (Å²) >= 11 is 3.52. The summed E-state index contributed by atoms with van der Waals surface area (Å²) in [6.45, 7) is 6.31. The third-order valence-corrected chi connectivity index (χ3v) is 5.11. The Morgan fingerprint density at radius 3 is 2.42 bits per heavy atom. The number of halogens is 1. The van der Waals surface area contributed by atoms with Gasteiger partial charge in [-0.25, -0.2) is 0 Å². The largest absolute Gasteiger partial charge is 0.495 e. The highest BCUT2D eigenvalue weighted by Gasteiger charge is 2.18. The van der Waals surface area contributed by atoms with Crippen LogP contribution in [0.2, 0.25) is 0 Å². The molecule has 1 saturated heterocycles. The van der Waals surface area contributed by atoms with E-state index in [2.05, 4.69) is 87.3 Å². The van der Waals surface area contributed by atoms with E-state index in [0.717, 1.165) is 36.4 Å². The van der Waals surface area contributed by atoms with Crippen LogP contribution in [0.3, 0.4) is 0 Å².